The molecule has 1 atom stereocenters. The van der Waals surface area contributed by atoms with Gasteiger partial charge < -0.3 is 14.2 Å². The van der Waals surface area contributed by atoms with Gasteiger partial charge in [-0.25, -0.2) is 14.2 Å². The number of carbonyl (C=O) groups is 2. The Bertz CT molecular complexity index is 845. The summed E-state index contributed by atoms with van der Waals surface area (Å²) in [7, 11) is 1.16. The molecule has 0 radical (unpaired) electrons. The molecule has 4 rings (SSSR count). The fraction of sp³-hybridized carbons (Fsp3) is 0.500. The van der Waals surface area contributed by atoms with E-state index in [9.17, 15) is 14.0 Å². The van der Waals surface area contributed by atoms with Crippen molar-refractivity contribution in [1.82, 2.24) is 14.5 Å². The lowest BCUT2D eigenvalue weighted by molar-refractivity contribution is -0.154. The number of imidazole rings is 1. The zero-order valence-electron chi connectivity index (χ0n) is 14.1. The van der Waals surface area contributed by atoms with Gasteiger partial charge in [-0.1, -0.05) is 12.1 Å². The Morgan fingerprint density at radius 2 is 2.12 bits per heavy atom. The molecule has 25 heavy (non-hydrogen) atoms. The smallest absolute Gasteiger partial charge is 0.345 e. The number of hydrogen-bond acceptors (Lipinski definition) is 4. The first kappa shape index (κ1) is 16.1. The van der Waals surface area contributed by atoms with Crippen molar-refractivity contribution in [2.24, 2.45) is 0 Å². The zero-order chi connectivity index (χ0) is 17.6. The summed E-state index contributed by atoms with van der Waals surface area (Å²) >= 11 is 0. The maximum absolute atomic E-state index is 14.6. The van der Waals surface area contributed by atoms with Gasteiger partial charge in [0.05, 0.1) is 24.7 Å². The van der Waals surface area contributed by atoms with E-state index in [2.05, 4.69) is 9.72 Å². The van der Waals surface area contributed by atoms with Crippen molar-refractivity contribution in [3.63, 3.8) is 0 Å². The van der Waals surface area contributed by atoms with E-state index in [0.29, 0.717) is 5.92 Å². The number of likely N-dealkylation sites (tertiary alicyclic amines) is 1. The van der Waals surface area contributed by atoms with Crippen LogP contribution in [0.2, 0.25) is 0 Å². The van der Waals surface area contributed by atoms with Crippen molar-refractivity contribution in [3.8, 4) is 0 Å². The van der Waals surface area contributed by atoms with E-state index in [4.69, 9.17) is 0 Å². The number of fused-ring (bicyclic) bond motifs is 1. The SMILES string of the molecule is COC(=O)[C@]1(F)CCN(C(=O)Cn2c(C3CC3)nc3ccccc32)C1. The number of halogens is 1. The van der Waals surface area contributed by atoms with Crippen LogP contribution in [0.1, 0.15) is 31.0 Å². The van der Waals surface area contributed by atoms with Gasteiger partial charge in [0.2, 0.25) is 11.6 Å². The molecule has 2 aromatic rings. The van der Waals surface area contributed by atoms with Crippen molar-refractivity contribution in [1.29, 1.82) is 0 Å². The van der Waals surface area contributed by atoms with Crippen molar-refractivity contribution >= 4 is 22.9 Å². The number of benzene rings is 1. The molecule has 1 saturated carbocycles. The minimum absolute atomic E-state index is 0.0223. The molecule has 0 unspecified atom stereocenters. The van der Waals surface area contributed by atoms with Gasteiger partial charge in [0.1, 0.15) is 12.4 Å². The summed E-state index contributed by atoms with van der Waals surface area (Å²) in [5.41, 5.74) is -0.315. The molecule has 1 amide bonds. The van der Waals surface area contributed by atoms with Crippen molar-refractivity contribution in [3.05, 3.63) is 30.1 Å². The van der Waals surface area contributed by atoms with Crippen LogP contribution >= 0.6 is 0 Å². The number of esters is 1. The normalized spacial score (nSPS) is 23.2. The monoisotopic (exact) mass is 345 g/mol. The van der Waals surface area contributed by atoms with Crippen LogP contribution in [0.5, 0.6) is 0 Å². The number of aromatic nitrogens is 2. The molecule has 2 aliphatic rings. The van der Waals surface area contributed by atoms with E-state index >= 15 is 0 Å². The standard InChI is InChI=1S/C18H20FN3O3/c1-25-17(24)18(19)8-9-21(11-18)15(23)10-22-14-5-3-2-4-13(14)20-16(22)12-6-7-12/h2-5,12H,6-11H2,1H3/t18-/m0/s1. The number of nitrogens with zero attached hydrogens (tertiary/aromatic N) is 3. The molecule has 1 aliphatic heterocycles. The highest BCUT2D eigenvalue weighted by atomic mass is 19.1. The van der Waals surface area contributed by atoms with Crippen LogP contribution in [-0.4, -0.2) is 52.2 Å². The zero-order valence-corrected chi connectivity index (χ0v) is 14.1. The lowest BCUT2D eigenvalue weighted by Gasteiger charge is -2.20. The average Bonchev–Trinajstić information content (AvgIpc) is 3.29. The largest absolute Gasteiger partial charge is 0.467 e. The second kappa shape index (κ2) is 5.82. The van der Waals surface area contributed by atoms with Crippen LogP contribution in [0.3, 0.4) is 0 Å². The second-order valence-corrected chi connectivity index (χ2v) is 6.84. The molecule has 1 aromatic heterocycles. The van der Waals surface area contributed by atoms with Crippen LogP contribution in [0.15, 0.2) is 24.3 Å². The van der Waals surface area contributed by atoms with E-state index in [0.717, 1.165) is 36.8 Å². The van der Waals surface area contributed by atoms with E-state index < -0.39 is 11.6 Å². The molecule has 2 heterocycles. The predicted octanol–water partition coefficient (Wildman–Crippen LogP) is 2.03. The summed E-state index contributed by atoms with van der Waals surface area (Å²) in [5, 5.41) is 0. The first-order valence-electron chi connectivity index (χ1n) is 8.52. The molecule has 0 bridgehead atoms. The highest BCUT2D eigenvalue weighted by Crippen LogP contribution is 2.40. The van der Waals surface area contributed by atoms with Crippen LogP contribution in [0.4, 0.5) is 4.39 Å². The quantitative estimate of drug-likeness (QED) is 0.796. The third-order valence-electron chi connectivity index (χ3n) is 5.04. The molecule has 132 valence electrons. The Kier molecular flexibility index (Phi) is 3.74. The molecule has 6 nitrogen and oxygen atoms in total. The van der Waals surface area contributed by atoms with Gasteiger partial charge in [-0.3, -0.25) is 4.79 Å². The van der Waals surface area contributed by atoms with Crippen molar-refractivity contribution < 1.29 is 18.7 Å². The number of para-hydroxylation sites is 2. The Morgan fingerprint density at radius 1 is 1.36 bits per heavy atom. The first-order chi connectivity index (χ1) is 12.0. The summed E-state index contributed by atoms with van der Waals surface area (Å²) in [6.07, 6.45) is 2.14. The number of ether oxygens (including phenoxy) is 1. The maximum atomic E-state index is 14.6. The van der Waals surface area contributed by atoms with Gasteiger partial charge in [0.15, 0.2) is 0 Å². The van der Waals surface area contributed by atoms with Crippen LogP contribution < -0.4 is 0 Å². The fourth-order valence-electron chi connectivity index (χ4n) is 3.48. The van der Waals surface area contributed by atoms with Gasteiger partial charge in [-0.05, 0) is 25.0 Å². The van der Waals surface area contributed by atoms with E-state index in [1.54, 1.807) is 0 Å². The average molecular weight is 345 g/mol. The van der Waals surface area contributed by atoms with E-state index in [-0.39, 0.29) is 32.0 Å². The van der Waals surface area contributed by atoms with Gasteiger partial charge in [-0.15, -0.1) is 0 Å². The number of alkyl halides is 1. The molecule has 1 saturated heterocycles. The second-order valence-electron chi connectivity index (χ2n) is 6.84. The van der Waals surface area contributed by atoms with Crippen LogP contribution in [0.25, 0.3) is 11.0 Å². The number of amides is 1. The molecular weight excluding hydrogens is 325 g/mol. The molecule has 2 fully saturated rings. The summed E-state index contributed by atoms with van der Waals surface area (Å²) in [4.78, 5) is 30.4. The fourth-order valence-corrected chi connectivity index (χ4v) is 3.48. The maximum Gasteiger partial charge on any atom is 0.345 e. The summed E-state index contributed by atoms with van der Waals surface area (Å²) in [6, 6.07) is 7.72. The molecule has 7 heteroatoms. The number of rotatable bonds is 4. The predicted molar refractivity (Wildman–Crippen MR) is 88.8 cm³/mol. The van der Waals surface area contributed by atoms with Gasteiger partial charge in [-0.2, -0.15) is 0 Å². The minimum atomic E-state index is -2.10. The Hall–Kier alpha value is -2.44. The summed E-state index contributed by atoms with van der Waals surface area (Å²) < 4.78 is 21.0. The van der Waals surface area contributed by atoms with Gasteiger partial charge in [0.25, 0.3) is 0 Å². The highest BCUT2D eigenvalue weighted by Gasteiger charge is 2.47. The van der Waals surface area contributed by atoms with Crippen LogP contribution in [-0.2, 0) is 20.9 Å². The third kappa shape index (κ3) is 2.77. The first-order valence-corrected chi connectivity index (χ1v) is 8.52. The molecule has 1 aliphatic carbocycles. The van der Waals surface area contributed by atoms with Gasteiger partial charge >= 0.3 is 5.97 Å². The Balaban J connectivity index is 1.57. The molecular formula is C18H20FN3O3. The lowest BCUT2D eigenvalue weighted by atomic mass is 10.1. The topological polar surface area (TPSA) is 64.4 Å². The lowest BCUT2D eigenvalue weighted by Crippen LogP contribution is -2.40. The van der Waals surface area contributed by atoms with Crippen LogP contribution in [0, 0.1) is 0 Å². The third-order valence-corrected chi connectivity index (χ3v) is 5.04. The molecule has 0 N–H and O–H groups in total. The molecule has 1 aromatic carbocycles. The number of methoxy groups -OCH3 is 1. The highest BCUT2D eigenvalue weighted by molar-refractivity contribution is 5.84. The van der Waals surface area contributed by atoms with E-state index in [1.807, 2.05) is 28.8 Å². The Morgan fingerprint density at radius 3 is 2.84 bits per heavy atom. The van der Waals surface area contributed by atoms with E-state index in [1.165, 1.54) is 4.90 Å². The van der Waals surface area contributed by atoms with Crippen molar-refractivity contribution in [2.45, 2.75) is 37.4 Å². The van der Waals surface area contributed by atoms with Gasteiger partial charge in [0, 0.05) is 18.9 Å². The number of carbonyl (C=O) groups excluding carboxylic acids is 2. The molecule has 0 spiro atoms. The Labute approximate surface area is 144 Å². The summed E-state index contributed by atoms with van der Waals surface area (Å²) in [6.45, 7) is 0.0866. The van der Waals surface area contributed by atoms with Crippen molar-refractivity contribution in [2.75, 3.05) is 20.2 Å². The number of hydrogen-bond donors (Lipinski definition) is 0. The summed E-state index contributed by atoms with van der Waals surface area (Å²) in [5.74, 6) is 0.213. The minimum Gasteiger partial charge on any atom is -0.467 e.